The molecule has 14 heteroatoms. The first kappa shape index (κ1) is 28.7. The molecule has 4 heterocycles. The van der Waals surface area contributed by atoms with E-state index in [1.54, 1.807) is 48.5 Å². The number of nitrogens with zero attached hydrogens (tertiary/aromatic N) is 1. The Labute approximate surface area is 262 Å². The maximum Gasteiger partial charge on any atom is 0.432 e. The number of hydrogen-bond acceptors (Lipinski definition) is 7. The minimum absolute atomic E-state index is 0.0700. The first-order valence-electron chi connectivity index (χ1n) is 14.5. The van der Waals surface area contributed by atoms with E-state index in [-0.39, 0.29) is 40.9 Å². The number of carbonyl (C=O) groups is 4. The lowest BCUT2D eigenvalue weighted by atomic mass is 9.82. The zero-order valence-corrected chi connectivity index (χ0v) is 24.6. The van der Waals surface area contributed by atoms with Crippen molar-refractivity contribution in [1.82, 2.24) is 14.9 Å². The summed E-state index contributed by atoms with van der Waals surface area (Å²) in [7, 11) is 2.49. The largest absolute Gasteiger partial charge is 0.496 e. The van der Waals surface area contributed by atoms with Crippen LogP contribution in [0.25, 0.3) is 21.9 Å². The molecule has 0 unspecified atom stereocenters. The molecular formula is C33H23F3N4O7. The highest BCUT2D eigenvalue weighted by Gasteiger charge is 2.69. The lowest BCUT2D eigenvalue weighted by Gasteiger charge is -2.28. The number of piperidine rings is 1. The second kappa shape index (κ2) is 9.61. The number of methoxy groups -OCH3 is 2. The highest BCUT2D eigenvalue weighted by molar-refractivity contribution is 6.12. The van der Waals surface area contributed by atoms with Gasteiger partial charge in [0.25, 0.3) is 11.8 Å². The number of rotatable bonds is 5. The van der Waals surface area contributed by atoms with Crippen LogP contribution in [-0.4, -0.2) is 59.2 Å². The van der Waals surface area contributed by atoms with Crippen molar-refractivity contribution in [1.29, 1.82) is 0 Å². The van der Waals surface area contributed by atoms with E-state index in [2.05, 4.69) is 15.3 Å². The van der Waals surface area contributed by atoms with E-state index in [9.17, 15) is 32.3 Å². The molecule has 2 atom stereocenters. The van der Waals surface area contributed by atoms with Gasteiger partial charge in [-0.2, -0.15) is 13.2 Å². The van der Waals surface area contributed by atoms with Gasteiger partial charge in [-0.05, 0) is 48.7 Å². The van der Waals surface area contributed by atoms with Crippen LogP contribution >= 0.6 is 0 Å². The molecule has 8 rings (SSSR count). The van der Waals surface area contributed by atoms with E-state index in [4.69, 9.17) is 13.9 Å². The molecule has 2 fully saturated rings. The Hall–Kier alpha value is -5.79. The Morgan fingerprint density at radius 3 is 2.64 bits per heavy atom. The molecule has 1 aliphatic heterocycles. The third-order valence-corrected chi connectivity index (χ3v) is 9.21. The number of halogens is 3. The molecule has 0 radical (unpaired) electrons. The molecule has 238 valence electrons. The van der Waals surface area contributed by atoms with Crippen molar-refractivity contribution in [2.45, 2.75) is 18.0 Å². The van der Waals surface area contributed by atoms with Crippen LogP contribution in [0.1, 0.15) is 59.6 Å². The van der Waals surface area contributed by atoms with Crippen LogP contribution in [0.3, 0.4) is 0 Å². The number of furan rings is 1. The Balaban J connectivity index is 1.08. The number of fused-ring (bicyclic) bond motifs is 3. The Morgan fingerprint density at radius 2 is 1.89 bits per heavy atom. The van der Waals surface area contributed by atoms with Gasteiger partial charge in [0.1, 0.15) is 22.7 Å². The monoisotopic (exact) mass is 644 g/mol. The van der Waals surface area contributed by atoms with Gasteiger partial charge in [-0.3, -0.25) is 14.4 Å². The normalized spacial score (nSPS) is 19.7. The van der Waals surface area contributed by atoms with Gasteiger partial charge in [0.15, 0.2) is 5.76 Å². The van der Waals surface area contributed by atoms with Crippen molar-refractivity contribution in [3.05, 3.63) is 94.3 Å². The summed E-state index contributed by atoms with van der Waals surface area (Å²) >= 11 is 0. The first-order valence-corrected chi connectivity index (χ1v) is 14.5. The predicted octanol–water partition coefficient (Wildman–Crippen LogP) is 5.80. The first-order chi connectivity index (χ1) is 22.4. The van der Waals surface area contributed by atoms with Crippen LogP contribution in [-0.2, 0) is 16.3 Å². The summed E-state index contributed by atoms with van der Waals surface area (Å²) in [5, 5.41) is 4.03. The third kappa shape index (κ3) is 4.06. The molecule has 3 N–H and O–H groups in total. The number of aromatic nitrogens is 2. The summed E-state index contributed by atoms with van der Waals surface area (Å²) in [4.78, 5) is 59.2. The number of carbonyl (C=O) groups excluding carboxylic acids is 4. The van der Waals surface area contributed by atoms with Crippen molar-refractivity contribution in [2.75, 3.05) is 26.1 Å². The molecule has 2 aromatic carbocycles. The Kier molecular flexibility index (Phi) is 5.86. The minimum Gasteiger partial charge on any atom is -0.496 e. The van der Waals surface area contributed by atoms with Crippen molar-refractivity contribution < 1.29 is 46.2 Å². The lowest BCUT2D eigenvalue weighted by Crippen LogP contribution is -2.34. The lowest BCUT2D eigenvalue weighted by molar-refractivity contribution is -0.141. The molecule has 47 heavy (non-hydrogen) atoms. The fourth-order valence-electron chi connectivity index (χ4n) is 7.09. The summed E-state index contributed by atoms with van der Waals surface area (Å²) in [5.41, 5.74) is -1.64. The van der Waals surface area contributed by atoms with Crippen LogP contribution in [0.2, 0.25) is 0 Å². The number of hydrogen-bond donors (Lipinski definition) is 3. The van der Waals surface area contributed by atoms with Gasteiger partial charge in [-0.15, -0.1) is 0 Å². The van der Waals surface area contributed by atoms with Gasteiger partial charge in [0.05, 0.1) is 30.9 Å². The predicted molar refractivity (Wildman–Crippen MR) is 159 cm³/mol. The van der Waals surface area contributed by atoms with Crippen LogP contribution in [0, 0.1) is 5.92 Å². The van der Waals surface area contributed by atoms with E-state index in [0.717, 1.165) is 7.11 Å². The second-order valence-electron chi connectivity index (χ2n) is 11.7. The molecule has 1 saturated heterocycles. The number of ketones is 1. The quantitative estimate of drug-likeness (QED) is 0.205. The smallest absolute Gasteiger partial charge is 0.432 e. The van der Waals surface area contributed by atoms with Gasteiger partial charge in [0, 0.05) is 52.0 Å². The molecule has 0 bridgehead atoms. The molecule has 1 spiro atoms. The highest BCUT2D eigenvalue weighted by atomic mass is 19.4. The summed E-state index contributed by atoms with van der Waals surface area (Å²) in [6.45, 7) is 0.142. The number of H-pyrrole nitrogens is 2. The van der Waals surface area contributed by atoms with E-state index in [1.165, 1.54) is 18.1 Å². The molecule has 3 aliphatic rings. The zero-order valence-electron chi connectivity index (χ0n) is 24.6. The number of esters is 1. The zero-order chi connectivity index (χ0) is 33.0. The molecular weight excluding hydrogens is 621 g/mol. The Morgan fingerprint density at radius 1 is 1.09 bits per heavy atom. The van der Waals surface area contributed by atoms with Gasteiger partial charge in [-0.1, -0.05) is 6.07 Å². The molecule has 3 aromatic heterocycles. The standard InChI is InChI=1S/C33H23F3N4O7/c1-45-21-4-3-5-22-17(21)10-23(47-22)29(42)37-16-6-7-18-14(8-16)9-19(38-18)30(43)40-13-15-12-32(15)24(40)11-20(41)27-26(32)25(31(44)46-2)28(39-27)33(34,35)36/h3-11,15,38-39H,12-13H2,1-2H3,(H,37,42)/t15-,32+/m1/s1. The van der Waals surface area contributed by atoms with E-state index in [1.807, 2.05) is 0 Å². The number of aromatic amines is 2. The van der Waals surface area contributed by atoms with Gasteiger partial charge in [-0.25, -0.2) is 4.79 Å². The van der Waals surface area contributed by atoms with Gasteiger partial charge in [0.2, 0.25) is 5.78 Å². The maximum absolute atomic E-state index is 14.0. The number of alkyl halides is 3. The van der Waals surface area contributed by atoms with Gasteiger partial charge >= 0.3 is 12.1 Å². The number of benzene rings is 2. The Bertz CT molecular complexity index is 2260. The maximum atomic E-state index is 14.0. The summed E-state index contributed by atoms with van der Waals surface area (Å²) < 4.78 is 57.6. The number of ether oxygens (including phenoxy) is 2. The number of allylic oxidation sites excluding steroid dienone is 2. The second-order valence-corrected chi connectivity index (χ2v) is 11.7. The number of likely N-dealkylation sites (tertiary alicyclic amines) is 1. The molecule has 2 amide bonds. The van der Waals surface area contributed by atoms with Gasteiger partial charge < -0.3 is 34.1 Å². The average Bonchev–Trinajstić information content (AvgIpc) is 3.51. The summed E-state index contributed by atoms with van der Waals surface area (Å²) in [6.07, 6.45) is -3.40. The molecule has 2 aliphatic carbocycles. The van der Waals surface area contributed by atoms with E-state index >= 15 is 0 Å². The molecule has 5 aromatic rings. The molecule has 11 nitrogen and oxygen atoms in total. The fraction of sp³-hybridized carbons (Fsp3) is 0.212. The van der Waals surface area contributed by atoms with Crippen LogP contribution in [0.15, 0.2) is 64.7 Å². The molecule has 1 saturated carbocycles. The fourth-order valence-corrected chi connectivity index (χ4v) is 7.09. The van der Waals surface area contributed by atoms with E-state index < -0.39 is 46.4 Å². The highest BCUT2D eigenvalue weighted by Crippen LogP contribution is 2.68. The van der Waals surface area contributed by atoms with Crippen LogP contribution in [0.4, 0.5) is 18.9 Å². The van der Waals surface area contributed by atoms with Crippen molar-refractivity contribution in [3.63, 3.8) is 0 Å². The number of amides is 2. The summed E-state index contributed by atoms with van der Waals surface area (Å²) in [5.74, 6) is -2.63. The minimum atomic E-state index is -4.95. The average molecular weight is 645 g/mol. The van der Waals surface area contributed by atoms with Crippen molar-refractivity contribution >= 4 is 51.1 Å². The van der Waals surface area contributed by atoms with E-state index in [0.29, 0.717) is 39.7 Å². The number of nitrogens with one attached hydrogen (secondary N) is 3. The third-order valence-electron chi connectivity index (χ3n) is 9.21. The van der Waals surface area contributed by atoms with Crippen LogP contribution in [0.5, 0.6) is 5.75 Å². The van der Waals surface area contributed by atoms with Crippen LogP contribution < -0.4 is 10.1 Å². The number of anilines is 1. The SMILES string of the molecule is COC(=O)c1c(C(F)(F)F)[nH]c2c1[C@@]13C[C@@H]1CN(C(=O)c1cc4cc(NC(=O)c5cc6c(OC)cccc6o5)ccc4[nH]1)C3=CC2=O. The summed E-state index contributed by atoms with van der Waals surface area (Å²) in [6, 6.07) is 13.4. The van der Waals surface area contributed by atoms with Crippen molar-refractivity contribution in [2.24, 2.45) is 5.92 Å². The van der Waals surface area contributed by atoms with Crippen molar-refractivity contribution in [3.8, 4) is 5.75 Å². The topological polar surface area (TPSA) is 147 Å².